The van der Waals surface area contributed by atoms with Gasteiger partial charge in [-0.3, -0.25) is 10.3 Å². The molecule has 114 valence electrons. The van der Waals surface area contributed by atoms with E-state index >= 15 is 0 Å². The second-order valence-corrected chi connectivity index (χ2v) is 4.50. The number of aliphatic imine (C=N–C) groups is 1. The van der Waals surface area contributed by atoms with Crippen molar-refractivity contribution < 1.29 is 22.7 Å². The lowest BCUT2D eigenvalue weighted by molar-refractivity contribution is -0.137. The summed E-state index contributed by atoms with van der Waals surface area (Å²) in [5.74, 6) is 0.250. The zero-order valence-electron chi connectivity index (χ0n) is 11.2. The van der Waals surface area contributed by atoms with E-state index in [-0.39, 0.29) is 5.92 Å². The third kappa shape index (κ3) is 3.87. The van der Waals surface area contributed by atoms with Gasteiger partial charge < -0.3 is 10.1 Å². The van der Waals surface area contributed by atoms with Crippen LogP contribution in [0.3, 0.4) is 0 Å². The van der Waals surface area contributed by atoms with E-state index < -0.39 is 17.8 Å². The zero-order chi connectivity index (χ0) is 15.5. The number of methoxy groups -OCH3 is 1. The number of guanidine groups is 1. The van der Waals surface area contributed by atoms with Crippen molar-refractivity contribution >= 4 is 12.1 Å². The van der Waals surface area contributed by atoms with Gasteiger partial charge in [-0.05, 0) is 17.7 Å². The summed E-state index contributed by atoms with van der Waals surface area (Å²) in [6.07, 6.45) is -4.96. The lowest BCUT2D eigenvalue weighted by Gasteiger charge is -2.23. The maximum Gasteiger partial charge on any atom is 0.416 e. The lowest BCUT2D eigenvalue weighted by Crippen LogP contribution is -2.45. The number of alkyl halides is 3. The van der Waals surface area contributed by atoms with E-state index in [1.54, 1.807) is 0 Å². The number of hydrogen-bond donors (Lipinski definition) is 2. The van der Waals surface area contributed by atoms with Gasteiger partial charge in [0, 0.05) is 12.5 Å². The average Bonchev–Trinajstić information content (AvgIpc) is 2.47. The Morgan fingerprint density at radius 1 is 1.38 bits per heavy atom. The molecule has 0 radical (unpaired) electrons. The Morgan fingerprint density at radius 2 is 2.05 bits per heavy atom. The molecule has 0 saturated carbocycles. The summed E-state index contributed by atoms with van der Waals surface area (Å²) in [5, 5.41) is 5.29. The van der Waals surface area contributed by atoms with Crippen molar-refractivity contribution in [3.05, 3.63) is 35.4 Å². The molecule has 8 heteroatoms. The fourth-order valence-corrected chi connectivity index (χ4v) is 1.94. The highest BCUT2D eigenvalue weighted by molar-refractivity contribution is 5.94. The summed E-state index contributed by atoms with van der Waals surface area (Å²) in [6.45, 7) is 0.839. The van der Waals surface area contributed by atoms with E-state index in [0.717, 1.165) is 17.7 Å². The zero-order valence-corrected chi connectivity index (χ0v) is 11.2. The first-order chi connectivity index (χ1) is 9.90. The highest BCUT2D eigenvalue weighted by Gasteiger charge is 2.30. The van der Waals surface area contributed by atoms with Gasteiger partial charge in [0.05, 0.1) is 19.2 Å². The number of benzene rings is 1. The van der Waals surface area contributed by atoms with Gasteiger partial charge >= 0.3 is 12.3 Å². The maximum atomic E-state index is 12.5. The normalized spacial score (nSPS) is 18.5. The molecule has 1 amide bonds. The van der Waals surface area contributed by atoms with Crippen LogP contribution in [0.5, 0.6) is 0 Å². The molecule has 1 heterocycles. The topological polar surface area (TPSA) is 62.7 Å². The van der Waals surface area contributed by atoms with Gasteiger partial charge in [0.1, 0.15) is 0 Å². The molecule has 0 fully saturated rings. The number of nitrogens with zero attached hydrogens (tertiary/aromatic N) is 1. The van der Waals surface area contributed by atoms with Crippen molar-refractivity contribution in [2.24, 2.45) is 4.99 Å². The number of ether oxygens (including phenoxy) is 1. The summed E-state index contributed by atoms with van der Waals surface area (Å²) >= 11 is 0. The third-order valence-electron chi connectivity index (χ3n) is 3.10. The minimum atomic E-state index is -4.33. The highest BCUT2D eigenvalue weighted by atomic mass is 19.4. The van der Waals surface area contributed by atoms with E-state index in [1.165, 1.54) is 19.2 Å². The van der Waals surface area contributed by atoms with Crippen LogP contribution in [0.25, 0.3) is 0 Å². The predicted octanol–water partition coefficient (Wildman–Crippen LogP) is 2.10. The molecule has 0 saturated heterocycles. The molecule has 0 bridgehead atoms. The van der Waals surface area contributed by atoms with Crippen LogP contribution in [0.4, 0.5) is 18.0 Å². The van der Waals surface area contributed by atoms with Crippen molar-refractivity contribution in [2.75, 3.05) is 20.2 Å². The lowest BCUT2D eigenvalue weighted by atomic mass is 9.97. The van der Waals surface area contributed by atoms with Gasteiger partial charge in [-0.2, -0.15) is 13.2 Å². The molecular weight excluding hydrogens is 287 g/mol. The summed E-state index contributed by atoms with van der Waals surface area (Å²) < 4.78 is 41.9. The van der Waals surface area contributed by atoms with Crippen LogP contribution in [0, 0.1) is 0 Å². The van der Waals surface area contributed by atoms with Gasteiger partial charge in [-0.25, -0.2) is 4.79 Å². The average molecular weight is 301 g/mol. The Morgan fingerprint density at radius 3 is 2.52 bits per heavy atom. The monoisotopic (exact) mass is 301 g/mol. The van der Waals surface area contributed by atoms with E-state index in [9.17, 15) is 18.0 Å². The Balaban J connectivity index is 2.00. The summed E-state index contributed by atoms with van der Waals surface area (Å²) in [5.41, 5.74) is 0.0861. The second kappa shape index (κ2) is 6.02. The first kappa shape index (κ1) is 15.1. The first-order valence-corrected chi connectivity index (χ1v) is 6.20. The fraction of sp³-hybridized carbons (Fsp3) is 0.385. The van der Waals surface area contributed by atoms with Crippen molar-refractivity contribution in [2.45, 2.75) is 12.1 Å². The van der Waals surface area contributed by atoms with Gasteiger partial charge in [-0.15, -0.1) is 0 Å². The van der Waals surface area contributed by atoms with Gasteiger partial charge in [-0.1, -0.05) is 12.1 Å². The van der Waals surface area contributed by atoms with Crippen LogP contribution >= 0.6 is 0 Å². The highest BCUT2D eigenvalue weighted by Crippen LogP contribution is 2.30. The number of amides is 1. The fourth-order valence-electron chi connectivity index (χ4n) is 1.94. The second-order valence-electron chi connectivity index (χ2n) is 4.50. The number of nitrogens with one attached hydrogen (secondary N) is 2. The summed E-state index contributed by atoms with van der Waals surface area (Å²) in [4.78, 5) is 15.1. The molecule has 1 unspecified atom stereocenters. The van der Waals surface area contributed by atoms with Crippen molar-refractivity contribution in [3.8, 4) is 0 Å². The Kier molecular flexibility index (Phi) is 4.35. The van der Waals surface area contributed by atoms with Gasteiger partial charge in [0.15, 0.2) is 0 Å². The van der Waals surface area contributed by atoms with Crippen LogP contribution in [0.1, 0.15) is 17.0 Å². The number of rotatable bonds is 1. The van der Waals surface area contributed by atoms with E-state index in [0.29, 0.717) is 19.0 Å². The van der Waals surface area contributed by atoms with Crippen molar-refractivity contribution in [1.82, 2.24) is 10.6 Å². The van der Waals surface area contributed by atoms with E-state index in [4.69, 9.17) is 0 Å². The quantitative estimate of drug-likeness (QED) is 0.835. The molecule has 0 aromatic heterocycles. The standard InChI is InChI=1S/C13H14F3N3O2/c1-21-12(20)19-11-17-6-9(7-18-11)8-2-4-10(5-3-8)13(14,15)16/h2-5,9H,6-7H2,1H3,(H2,17,18,19,20). The van der Waals surface area contributed by atoms with Crippen LogP contribution in [-0.2, 0) is 10.9 Å². The number of hydrogen-bond acceptors (Lipinski definition) is 4. The smallest absolute Gasteiger partial charge is 0.416 e. The van der Waals surface area contributed by atoms with Crippen LogP contribution in [-0.4, -0.2) is 32.3 Å². The molecule has 1 aromatic rings. The Hall–Kier alpha value is -2.25. The minimum Gasteiger partial charge on any atom is -0.453 e. The molecule has 1 aromatic carbocycles. The van der Waals surface area contributed by atoms with E-state index in [2.05, 4.69) is 20.4 Å². The molecule has 5 nitrogen and oxygen atoms in total. The predicted molar refractivity (Wildman–Crippen MR) is 70.0 cm³/mol. The minimum absolute atomic E-state index is 0.0459. The van der Waals surface area contributed by atoms with Crippen molar-refractivity contribution in [3.63, 3.8) is 0 Å². The molecule has 21 heavy (non-hydrogen) atoms. The summed E-state index contributed by atoms with van der Waals surface area (Å²) in [6, 6.07) is 5.01. The van der Waals surface area contributed by atoms with Crippen LogP contribution in [0.2, 0.25) is 0 Å². The first-order valence-electron chi connectivity index (χ1n) is 6.20. The maximum absolute atomic E-state index is 12.5. The molecule has 1 aliphatic rings. The molecule has 0 spiro atoms. The molecule has 1 aliphatic heterocycles. The molecule has 2 rings (SSSR count). The molecule has 0 aliphatic carbocycles. The van der Waals surface area contributed by atoms with E-state index in [1.807, 2.05) is 0 Å². The van der Waals surface area contributed by atoms with Crippen LogP contribution in [0.15, 0.2) is 29.3 Å². The number of halogens is 3. The number of alkyl carbamates (subject to hydrolysis) is 1. The largest absolute Gasteiger partial charge is 0.453 e. The third-order valence-corrected chi connectivity index (χ3v) is 3.10. The molecule has 2 N–H and O–H groups in total. The van der Waals surface area contributed by atoms with Crippen LogP contribution < -0.4 is 10.6 Å². The molecular formula is C13H14F3N3O2. The number of carbonyl (C=O) groups excluding carboxylic acids is 1. The van der Waals surface area contributed by atoms with Gasteiger partial charge in [0.25, 0.3) is 0 Å². The summed E-state index contributed by atoms with van der Waals surface area (Å²) in [7, 11) is 1.24. The molecule has 1 atom stereocenters. The van der Waals surface area contributed by atoms with Gasteiger partial charge in [0.2, 0.25) is 5.96 Å². The Bertz CT molecular complexity index is 541. The van der Waals surface area contributed by atoms with Crippen molar-refractivity contribution in [1.29, 1.82) is 0 Å². The Labute approximate surface area is 119 Å². The SMILES string of the molecule is COC(=O)NC1=NCC(c2ccc(C(F)(F)F)cc2)CN1. The number of carbonyl (C=O) groups is 1.